The quantitative estimate of drug-likeness (QED) is 0.476. The molecule has 0 N–H and O–H groups in total. The third-order valence-electron chi connectivity index (χ3n) is 2.10. The van der Waals surface area contributed by atoms with E-state index in [1.54, 1.807) is 12.1 Å². The van der Waals surface area contributed by atoms with Crippen molar-refractivity contribution in [2.45, 2.75) is 6.92 Å². The molecule has 1 aromatic rings. The van der Waals surface area contributed by atoms with Gasteiger partial charge >= 0.3 is 5.97 Å². The number of Topliss-reactive ketones (excluding diaryl/α,β-unsaturated/α-hetero) is 1. The zero-order valence-corrected chi connectivity index (χ0v) is 11.2. The van der Waals surface area contributed by atoms with Crippen molar-refractivity contribution in [3.05, 3.63) is 33.8 Å². The molecule has 0 radical (unpaired) electrons. The zero-order chi connectivity index (χ0) is 12.8. The molecule has 0 bridgehead atoms. The number of ether oxygens (including phenoxy) is 2. The third-order valence-corrected chi connectivity index (χ3v) is 2.79. The molecule has 1 aromatic carbocycles. The maximum atomic E-state index is 11.6. The van der Waals surface area contributed by atoms with Gasteiger partial charge in [0.1, 0.15) is 6.61 Å². The van der Waals surface area contributed by atoms with Crippen LogP contribution in [-0.2, 0) is 9.47 Å². The van der Waals surface area contributed by atoms with Gasteiger partial charge in [-0.3, -0.25) is 4.79 Å². The Morgan fingerprint density at radius 1 is 1.29 bits per heavy atom. The highest BCUT2D eigenvalue weighted by Crippen LogP contribution is 2.19. The molecule has 4 nitrogen and oxygen atoms in total. The van der Waals surface area contributed by atoms with Crippen molar-refractivity contribution in [2.24, 2.45) is 0 Å². The number of benzene rings is 1. The Hall–Kier alpha value is -1.20. The van der Waals surface area contributed by atoms with E-state index in [4.69, 9.17) is 9.47 Å². The molecule has 0 unspecified atom stereocenters. The fraction of sp³-hybridized carbons (Fsp3) is 0.333. The number of hydrogen-bond donors (Lipinski definition) is 0. The Morgan fingerprint density at radius 3 is 2.59 bits per heavy atom. The SMILES string of the molecule is COCCOC(=O)c1ccc(Br)c(C(C)=O)c1. The molecule has 17 heavy (non-hydrogen) atoms. The molecule has 0 atom stereocenters. The van der Waals surface area contributed by atoms with Gasteiger partial charge in [-0.1, -0.05) is 15.9 Å². The van der Waals surface area contributed by atoms with Crippen LogP contribution in [0.5, 0.6) is 0 Å². The van der Waals surface area contributed by atoms with E-state index < -0.39 is 5.97 Å². The summed E-state index contributed by atoms with van der Waals surface area (Å²) < 4.78 is 10.4. The van der Waals surface area contributed by atoms with E-state index in [0.29, 0.717) is 22.2 Å². The van der Waals surface area contributed by atoms with E-state index in [0.717, 1.165) is 0 Å². The van der Waals surface area contributed by atoms with Crippen LogP contribution in [-0.4, -0.2) is 32.1 Å². The molecule has 0 saturated carbocycles. The van der Waals surface area contributed by atoms with Crippen LogP contribution in [0, 0.1) is 0 Å². The van der Waals surface area contributed by atoms with Crippen molar-refractivity contribution < 1.29 is 19.1 Å². The summed E-state index contributed by atoms with van der Waals surface area (Å²) in [7, 11) is 1.53. The minimum Gasteiger partial charge on any atom is -0.460 e. The predicted molar refractivity (Wildman–Crippen MR) is 66.3 cm³/mol. The Bertz CT molecular complexity index is 429. The Kier molecular flexibility index (Phi) is 5.31. The Morgan fingerprint density at radius 2 is 2.00 bits per heavy atom. The first-order chi connectivity index (χ1) is 8.06. The molecule has 0 saturated heterocycles. The van der Waals surface area contributed by atoms with Crippen molar-refractivity contribution in [1.29, 1.82) is 0 Å². The lowest BCUT2D eigenvalue weighted by Gasteiger charge is -2.06. The number of halogens is 1. The van der Waals surface area contributed by atoms with Crippen LogP contribution in [0.15, 0.2) is 22.7 Å². The second kappa shape index (κ2) is 6.51. The summed E-state index contributed by atoms with van der Waals surface area (Å²) in [5, 5.41) is 0. The summed E-state index contributed by atoms with van der Waals surface area (Å²) in [5.41, 5.74) is 0.820. The summed E-state index contributed by atoms with van der Waals surface area (Å²) in [5.74, 6) is -0.569. The average molecular weight is 301 g/mol. The second-order valence-corrected chi connectivity index (χ2v) is 4.23. The number of hydrogen-bond acceptors (Lipinski definition) is 4. The topological polar surface area (TPSA) is 52.6 Å². The van der Waals surface area contributed by atoms with Crippen molar-refractivity contribution in [3.8, 4) is 0 Å². The third kappa shape index (κ3) is 3.94. The number of rotatable bonds is 5. The zero-order valence-electron chi connectivity index (χ0n) is 9.66. The van der Waals surface area contributed by atoms with Crippen molar-refractivity contribution in [1.82, 2.24) is 0 Å². The molecule has 0 aliphatic rings. The normalized spacial score (nSPS) is 10.1. The van der Waals surface area contributed by atoms with Gasteiger partial charge in [0.15, 0.2) is 5.78 Å². The molecule has 0 amide bonds. The molecule has 0 aliphatic carbocycles. The molecular weight excluding hydrogens is 288 g/mol. The van der Waals surface area contributed by atoms with E-state index in [-0.39, 0.29) is 12.4 Å². The van der Waals surface area contributed by atoms with Crippen molar-refractivity contribution >= 4 is 27.7 Å². The average Bonchev–Trinajstić information content (AvgIpc) is 2.29. The lowest BCUT2D eigenvalue weighted by molar-refractivity contribution is 0.0388. The molecule has 5 heteroatoms. The molecule has 0 spiro atoms. The first-order valence-electron chi connectivity index (χ1n) is 5.02. The van der Waals surface area contributed by atoms with Gasteiger partial charge in [-0.25, -0.2) is 4.79 Å². The van der Waals surface area contributed by atoms with Crippen LogP contribution in [0.1, 0.15) is 27.6 Å². The summed E-state index contributed by atoms with van der Waals surface area (Å²) >= 11 is 3.25. The highest BCUT2D eigenvalue weighted by atomic mass is 79.9. The predicted octanol–water partition coefficient (Wildman–Crippen LogP) is 2.45. The number of ketones is 1. The number of carbonyl (C=O) groups is 2. The van der Waals surface area contributed by atoms with Gasteiger partial charge in [-0.15, -0.1) is 0 Å². The van der Waals surface area contributed by atoms with E-state index in [1.165, 1.54) is 20.1 Å². The van der Waals surface area contributed by atoms with Gasteiger partial charge in [0.2, 0.25) is 0 Å². The molecular formula is C12H13BrO4. The number of esters is 1. The standard InChI is InChI=1S/C12H13BrO4/c1-8(14)10-7-9(3-4-11(10)13)12(15)17-6-5-16-2/h3-4,7H,5-6H2,1-2H3. The Labute approximate surface area is 108 Å². The van der Waals surface area contributed by atoms with E-state index in [1.807, 2.05) is 0 Å². The highest BCUT2D eigenvalue weighted by Gasteiger charge is 2.12. The van der Waals surface area contributed by atoms with E-state index >= 15 is 0 Å². The van der Waals surface area contributed by atoms with E-state index in [2.05, 4.69) is 15.9 Å². The fourth-order valence-corrected chi connectivity index (χ4v) is 1.75. The first kappa shape index (κ1) is 13.9. The Balaban J connectivity index is 2.81. The van der Waals surface area contributed by atoms with Gasteiger partial charge in [0.25, 0.3) is 0 Å². The molecule has 1 rings (SSSR count). The lowest BCUT2D eigenvalue weighted by atomic mass is 10.1. The van der Waals surface area contributed by atoms with Gasteiger partial charge in [0, 0.05) is 17.1 Å². The van der Waals surface area contributed by atoms with Gasteiger partial charge in [-0.05, 0) is 25.1 Å². The smallest absolute Gasteiger partial charge is 0.338 e. The van der Waals surface area contributed by atoms with Crippen LogP contribution < -0.4 is 0 Å². The highest BCUT2D eigenvalue weighted by molar-refractivity contribution is 9.10. The van der Waals surface area contributed by atoms with Gasteiger partial charge < -0.3 is 9.47 Å². The minimum atomic E-state index is -0.461. The van der Waals surface area contributed by atoms with Crippen molar-refractivity contribution in [2.75, 3.05) is 20.3 Å². The van der Waals surface area contributed by atoms with Crippen LogP contribution in [0.4, 0.5) is 0 Å². The van der Waals surface area contributed by atoms with Gasteiger partial charge in [-0.2, -0.15) is 0 Å². The maximum Gasteiger partial charge on any atom is 0.338 e. The minimum absolute atomic E-state index is 0.108. The van der Waals surface area contributed by atoms with Crippen molar-refractivity contribution in [3.63, 3.8) is 0 Å². The largest absolute Gasteiger partial charge is 0.460 e. The summed E-state index contributed by atoms with van der Waals surface area (Å²) in [6.07, 6.45) is 0. The summed E-state index contributed by atoms with van der Waals surface area (Å²) in [6, 6.07) is 4.77. The summed E-state index contributed by atoms with van der Waals surface area (Å²) in [6.45, 7) is 1.99. The molecule has 0 heterocycles. The lowest BCUT2D eigenvalue weighted by Crippen LogP contribution is -2.10. The van der Waals surface area contributed by atoms with Crippen LogP contribution >= 0.6 is 15.9 Å². The first-order valence-corrected chi connectivity index (χ1v) is 5.82. The number of carbonyl (C=O) groups excluding carboxylic acids is 2. The fourth-order valence-electron chi connectivity index (χ4n) is 1.22. The molecule has 0 fully saturated rings. The monoisotopic (exact) mass is 300 g/mol. The van der Waals surface area contributed by atoms with Crippen LogP contribution in [0.3, 0.4) is 0 Å². The van der Waals surface area contributed by atoms with E-state index in [9.17, 15) is 9.59 Å². The number of methoxy groups -OCH3 is 1. The van der Waals surface area contributed by atoms with Gasteiger partial charge in [0.05, 0.1) is 12.2 Å². The summed E-state index contributed by atoms with van der Waals surface area (Å²) in [4.78, 5) is 22.9. The molecule has 92 valence electrons. The van der Waals surface area contributed by atoms with Crippen LogP contribution in [0.2, 0.25) is 0 Å². The maximum absolute atomic E-state index is 11.6. The molecule has 0 aliphatic heterocycles. The second-order valence-electron chi connectivity index (χ2n) is 3.38. The van der Waals surface area contributed by atoms with Crippen LogP contribution in [0.25, 0.3) is 0 Å². The molecule has 0 aromatic heterocycles.